The van der Waals surface area contributed by atoms with Gasteiger partial charge >= 0.3 is 0 Å². The van der Waals surface area contributed by atoms with Crippen LogP contribution in [0.2, 0.25) is 10.0 Å². The summed E-state index contributed by atoms with van der Waals surface area (Å²) in [5, 5.41) is 0.782. The maximum atomic E-state index is 11.9. The van der Waals surface area contributed by atoms with Crippen molar-refractivity contribution in [3.05, 3.63) is 33.8 Å². The third-order valence-corrected chi connectivity index (χ3v) is 4.63. The van der Waals surface area contributed by atoms with Gasteiger partial charge in [0.15, 0.2) is 5.78 Å². The van der Waals surface area contributed by atoms with E-state index in [2.05, 4.69) is 0 Å². The van der Waals surface area contributed by atoms with Gasteiger partial charge in [0, 0.05) is 26.1 Å². The molecule has 94 valence electrons. The van der Waals surface area contributed by atoms with Gasteiger partial charge in [0.2, 0.25) is 0 Å². The van der Waals surface area contributed by atoms with Crippen molar-refractivity contribution < 1.29 is 9.00 Å². The van der Waals surface area contributed by atoms with Crippen LogP contribution in [0.3, 0.4) is 0 Å². The Labute approximate surface area is 114 Å². The Morgan fingerprint density at radius 3 is 2.41 bits per heavy atom. The second-order valence-electron chi connectivity index (χ2n) is 4.65. The number of carbonyl (C=O) groups excluding carboxylic acids is 1. The summed E-state index contributed by atoms with van der Waals surface area (Å²) < 4.78 is 11.4. The molecule has 0 N–H and O–H groups in total. The second kappa shape index (κ2) is 5.51. The van der Waals surface area contributed by atoms with Gasteiger partial charge in [0.1, 0.15) is 0 Å². The summed E-state index contributed by atoms with van der Waals surface area (Å²) in [6, 6.07) is 4.69. The lowest BCUT2D eigenvalue weighted by Gasteiger charge is -2.17. The van der Waals surface area contributed by atoms with Crippen molar-refractivity contribution in [1.82, 2.24) is 0 Å². The molecule has 0 amide bonds. The topological polar surface area (TPSA) is 34.1 Å². The normalized spacial score (nSPS) is 13.5. The minimum atomic E-state index is -1.23. The minimum Gasteiger partial charge on any atom is -0.293 e. The number of rotatable bonds is 3. The van der Waals surface area contributed by atoms with Crippen molar-refractivity contribution >= 4 is 39.8 Å². The van der Waals surface area contributed by atoms with Crippen LogP contribution in [0.25, 0.3) is 0 Å². The van der Waals surface area contributed by atoms with Crippen molar-refractivity contribution in [2.75, 3.05) is 5.75 Å². The molecular formula is C12H14Cl2O2S. The molecule has 0 saturated carbocycles. The van der Waals surface area contributed by atoms with Gasteiger partial charge in [-0.15, -0.1) is 0 Å². The lowest BCUT2D eigenvalue weighted by molar-refractivity contribution is 0.102. The zero-order valence-corrected chi connectivity index (χ0v) is 12.2. The largest absolute Gasteiger partial charge is 0.293 e. The molecule has 1 aromatic rings. The summed E-state index contributed by atoms with van der Waals surface area (Å²) in [7, 11) is -1.23. The summed E-state index contributed by atoms with van der Waals surface area (Å²) in [6.07, 6.45) is 0. The molecule has 5 heteroatoms. The molecule has 1 atom stereocenters. The van der Waals surface area contributed by atoms with Gasteiger partial charge < -0.3 is 0 Å². The molecule has 0 saturated heterocycles. The van der Waals surface area contributed by atoms with Gasteiger partial charge in [-0.2, -0.15) is 0 Å². The molecule has 0 spiro atoms. The Balaban J connectivity index is 2.91. The molecule has 1 rings (SSSR count). The number of Topliss-reactive ketones (excluding diaryl/α,β-unsaturated/α-hetero) is 1. The van der Waals surface area contributed by atoms with Crippen molar-refractivity contribution in [3.63, 3.8) is 0 Å². The van der Waals surface area contributed by atoms with Crippen LogP contribution in [0.1, 0.15) is 31.1 Å². The van der Waals surface area contributed by atoms with Crippen LogP contribution < -0.4 is 0 Å². The van der Waals surface area contributed by atoms with Gasteiger partial charge in [0.25, 0.3) is 0 Å². The summed E-state index contributed by atoms with van der Waals surface area (Å²) in [5.41, 5.74) is 0.330. The standard InChI is InChI=1S/C12H14Cl2O2S/c1-12(2,3)17(16)7-11(15)9-6-8(13)4-5-10(9)14/h4-6H,7H2,1-3H3. The monoisotopic (exact) mass is 292 g/mol. The number of benzene rings is 1. The van der Waals surface area contributed by atoms with Crippen LogP contribution in [-0.4, -0.2) is 20.5 Å². The first-order chi connectivity index (χ1) is 7.71. The Bertz CT molecular complexity index is 464. The van der Waals surface area contributed by atoms with Crippen molar-refractivity contribution in [2.45, 2.75) is 25.5 Å². The average molecular weight is 293 g/mol. The molecule has 17 heavy (non-hydrogen) atoms. The lowest BCUT2D eigenvalue weighted by Crippen LogP contribution is -2.27. The highest BCUT2D eigenvalue weighted by molar-refractivity contribution is 7.87. The van der Waals surface area contributed by atoms with Crippen LogP contribution in [0.5, 0.6) is 0 Å². The van der Waals surface area contributed by atoms with E-state index in [-0.39, 0.29) is 11.5 Å². The van der Waals surface area contributed by atoms with E-state index < -0.39 is 15.5 Å². The quantitative estimate of drug-likeness (QED) is 0.796. The van der Waals surface area contributed by atoms with E-state index in [9.17, 15) is 9.00 Å². The molecule has 0 heterocycles. The molecule has 0 radical (unpaired) electrons. The highest BCUT2D eigenvalue weighted by Crippen LogP contribution is 2.22. The molecule has 1 aromatic carbocycles. The second-order valence-corrected chi connectivity index (χ2v) is 7.70. The Kier molecular flexibility index (Phi) is 4.76. The predicted molar refractivity (Wildman–Crippen MR) is 73.6 cm³/mol. The van der Waals surface area contributed by atoms with Crippen LogP contribution in [0, 0.1) is 0 Å². The third kappa shape index (κ3) is 4.09. The third-order valence-electron chi connectivity index (χ3n) is 2.17. The number of hydrogen-bond donors (Lipinski definition) is 0. The van der Waals surface area contributed by atoms with E-state index in [0.29, 0.717) is 15.6 Å². The lowest BCUT2D eigenvalue weighted by atomic mass is 10.1. The molecule has 0 aliphatic heterocycles. The zero-order valence-electron chi connectivity index (χ0n) is 9.92. The number of halogens is 2. The fourth-order valence-corrected chi connectivity index (χ4v) is 2.35. The minimum absolute atomic E-state index is 0.0381. The Morgan fingerprint density at radius 2 is 1.88 bits per heavy atom. The van der Waals surface area contributed by atoms with E-state index in [0.717, 1.165) is 0 Å². The van der Waals surface area contributed by atoms with Gasteiger partial charge in [-0.1, -0.05) is 23.2 Å². The van der Waals surface area contributed by atoms with Gasteiger partial charge in [-0.3, -0.25) is 9.00 Å². The summed E-state index contributed by atoms with van der Waals surface area (Å²) in [4.78, 5) is 11.9. The molecular weight excluding hydrogens is 279 g/mol. The van der Waals surface area contributed by atoms with Crippen LogP contribution in [0.4, 0.5) is 0 Å². The van der Waals surface area contributed by atoms with E-state index >= 15 is 0 Å². The average Bonchev–Trinajstić information content (AvgIpc) is 2.20. The molecule has 0 aliphatic carbocycles. The van der Waals surface area contributed by atoms with Crippen LogP contribution in [-0.2, 0) is 10.8 Å². The van der Waals surface area contributed by atoms with Gasteiger partial charge in [0.05, 0.1) is 10.8 Å². The first-order valence-electron chi connectivity index (χ1n) is 5.08. The van der Waals surface area contributed by atoms with Gasteiger partial charge in [-0.05, 0) is 39.0 Å². The highest BCUT2D eigenvalue weighted by Gasteiger charge is 2.23. The SMILES string of the molecule is CC(C)(C)S(=O)CC(=O)c1cc(Cl)ccc1Cl. The van der Waals surface area contributed by atoms with Crippen LogP contribution >= 0.6 is 23.2 Å². The van der Waals surface area contributed by atoms with Gasteiger partial charge in [-0.25, -0.2) is 0 Å². The fraction of sp³-hybridized carbons (Fsp3) is 0.417. The molecule has 0 aromatic heterocycles. The first-order valence-corrected chi connectivity index (χ1v) is 7.16. The number of carbonyl (C=O) groups is 1. The molecule has 2 nitrogen and oxygen atoms in total. The number of hydrogen-bond acceptors (Lipinski definition) is 2. The van der Waals surface area contributed by atoms with E-state index in [4.69, 9.17) is 23.2 Å². The fourth-order valence-electron chi connectivity index (χ4n) is 1.12. The zero-order chi connectivity index (χ0) is 13.2. The van der Waals surface area contributed by atoms with E-state index in [1.807, 2.05) is 20.8 Å². The van der Waals surface area contributed by atoms with Crippen LogP contribution in [0.15, 0.2) is 18.2 Å². The Hall–Kier alpha value is -0.380. The maximum Gasteiger partial charge on any atom is 0.176 e. The molecule has 0 fully saturated rings. The first kappa shape index (κ1) is 14.7. The highest BCUT2D eigenvalue weighted by atomic mass is 35.5. The summed E-state index contributed by atoms with van der Waals surface area (Å²) in [6.45, 7) is 5.49. The Morgan fingerprint density at radius 1 is 1.29 bits per heavy atom. The van der Waals surface area contributed by atoms with Crippen molar-refractivity contribution in [1.29, 1.82) is 0 Å². The predicted octanol–water partition coefficient (Wildman–Crippen LogP) is 3.72. The van der Waals surface area contributed by atoms with Crippen molar-refractivity contribution in [3.8, 4) is 0 Å². The number of ketones is 1. The molecule has 1 unspecified atom stereocenters. The van der Waals surface area contributed by atoms with Crippen molar-refractivity contribution in [2.24, 2.45) is 0 Å². The smallest absolute Gasteiger partial charge is 0.176 e. The molecule has 0 bridgehead atoms. The van der Waals surface area contributed by atoms with E-state index in [1.165, 1.54) is 6.07 Å². The molecule has 0 aliphatic rings. The maximum absolute atomic E-state index is 11.9. The summed E-state index contributed by atoms with van der Waals surface area (Å²) >= 11 is 11.7. The van der Waals surface area contributed by atoms with E-state index in [1.54, 1.807) is 12.1 Å². The summed E-state index contributed by atoms with van der Waals surface area (Å²) in [5.74, 6) is -0.283.